The molecule has 0 aromatic carbocycles. The fraction of sp³-hybridized carbons (Fsp3) is 0.429. The number of carbonyl (C=O) groups is 2. The third-order valence-electron chi connectivity index (χ3n) is 3.39. The lowest BCUT2D eigenvalue weighted by Crippen LogP contribution is -2.30. The number of amides is 1. The van der Waals surface area contributed by atoms with Gasteiger partial charge in [0, 0.05) is 31.2 Å². The van der Waals surface area contributed by atoms with Gasteiger partial charge in [0.25, 0.3) is 5.91 Å². The maximum absolute atomic E-state index is 12.1. The number of aromatic nitrogens is 4. The fourth-order valence-corrected chi connectivity index (χ4v) is 2.06. The predicted octanol–water partition coefficient (Wildman–Crippen LogP) is 0.854. The molecule has 0 aliphatic heterocycles. The van der Waals surface area contributed by atoms with Crippen molar-refractivity contribution < 1.29 is 14.7 Å². The Kier molecular flexibility index (Phi) is 4.92. The maximum atomic E-state index is 12.1. The Balaban J connectivity index is 1.87. The summed E-state index contributed by atoms with van der Waals surface area (Å²) in [5.41, 5.74) is 1.31. The summed E-state index contributed by atoms with van der Waals surface area (Å²) >= 11 is 0. The largest absolute Gasteiger partial charge is 0.480 e. The fourth-order valence-electron chi connectivity index (χ4n) is 2.06. The van der Waals surface area contributed by atoms with Crippen LogP contribution in [-0.2, 0) is 11.3 Å². The molecule has 2 rings (SSSR count). The van der Waals surface area contributed by atoms with Gasteiger partial charge in [-0.05, 0) is 32.4 Å². The van der Waals surface area contributed by atoms with Crippen molar-refractivity contribution in [3.05, 3.63) is 35.9 Å². The molecular formula is C14H19N5O3. The van der Waals surface area contributed by atoms with E-state index in [-0.39, 0.29) is 11.6 Å². The van der Waals surface area contributed by atoms with Crippen molar-refractivity contribution in [3.63, 3.8) is 0 Å². The summed E-state index contributed by atoms with van der Waals surface area (Å²) in [7, 11) is 0. The number of rotatable bonds is 7. The molecule has 2 N–H and O–H groups in total. The quantitative estimate of drug-likeness (QED) is 0.738. The zero-order chi connectivity index (χ0) is 16.1. The Morgan fingerprint density at radius 1 is 1.32 bits per heavy atom. The summed E-state index contributed by atoms with van der Waals surface area (Å²) < 4.78 is 3.07. The summed E-state index contributed by atoms with van der Waals surface area (Å²) in [5.74, 6) is -1.37. The average Bonchev–Trinajstić information content (AvgIpc) is 3.11. The van der Waals surface area contributed by atoms with Gasteiger partial charge in [0.1, 0.15) is 11.7 Å². The summed E-state index contributed by atoms with van der Waals surface area (Å²) in [6, 6.07) is 2.54. The van der Waals surface area contributed by atoms with Crippen LogP contribution in [0.2, 0.25) is 0 Å². The highest BCUT2D eigenvalue weighted by Gasteiger charge is 2.20. The van der Waals surface area contributed by atoms with E-state index in [1.165, 1.54) is 23.9 Å². The highest BCUT2D eigenvalue weighted by atomic mass is 16.4. The maximum Gasteiger partial charge on any atom is 0.328 e. The lowest BCUT2D eigenvalue weighted by Gasteiger charge is -2.11. The number of nitrogens with one attached hydrogen (secondary N) is 1. The Labute approximate surface area is 127 Å². The van der Waals surface area contributed by atoms with Crippen molar-refractivity contribution >= 4 is 11.9 Å². The van der Waals surface area contributed by atoms with Crippen molar-refractivity contribution in [1.82, 2.24) is 24.9 Å². The van der Waals surface area contributed by atoms with Crippen molar-refractivity contribution in [3.8, 4) is 0 Å². The predicted molar refractivity (Wildman–Crippen MR) is 78.5 cm³/mol. The molecule has 0 fully saturated rings. The van der Waals surface area contributed by atoms with E-state index in [4.69, 9.17) is 5.11 Å². The van der Waals surface area contributed by atoms with E-state index in [1.807, 2.05) is 17.7 Å². The number of hydrogen-bond acceptors (Lipinski definition) is 4. The van der Waals surface area contributed by atoms with Gasteiger partial charge in [0.15, 0.2) is 0 Å². The zero-order valence-electron chi connectivity index (χ0n) is 12.6. The molecule has 2 aromatic heterocycles. The molecule has 1 unspecified atom stereocenters. The number of aryl methyl sites for hydroxylation is 2. The van der Waals surface area contributed by atoms with Crippen molar-refractivity contribution in [2.45, 2.75) is 32.9 Å². The Morgan fingerprint density at radius 2 is 2.05 bits per heavy atom. The molecule has 2 heterocycles. The molecule has 0 saturated heterocycles. The van der Waals surface area contributed by atoms with Crippen LogP contribution >= 0.6 is 0 Å². The second kappa shape index (κ2) is 6.88. The van der Waals surface area contributed by atoms with Crippen LogP contribution < -0.4 is 5.32 Å². The summed E-state index contributed by atoms with van der Waals surface area (Å²) in [6.07, 6.45) is 3.89. The van der Waals surface area contributed by atoms with Crippen LogP contribution in [0.4, 0.5) is 0 Å². The van der Waals surface area contributed by atoms with E-state index in [9.17, 15) is 9.59 Å². The van der Waals surface area contributed by atoms with Crippen LogP contribution in [0.15, 0.2) is 24.5 Å². The van der Waals surface area contributed by atoms with Gasteiger partial charge in [-0.3, -0.25) is 9.48 Å². The van der Waals surface area contributed by atoms with E-state index in [1.54, 1.807) is 6.20 Å². The standard InChI is InChI=1S/C14H19N5O3/c1-10-4-7-16-18(10)9-3-6-15-13(20)12-5-8-17-19(12)11(2)14(21)22/h4-5,7-8,11H,3,6,9H2,1-2H3,(H,15,20)(H,21,22). The number of carboxylic acid groups (broad SMARTS) is 1. The van der Waals surface area contributed by atoms with Gasteiger partial charge in [0.2, 0.25) is 0 Å². The van der Waals surface area contributed by atoms with E-state index in [0.29, 0.717) is 13.1 Å². The minimum Gasteiger partial charge on any atom is -0.480 e. The lowest BCUT2D eigenvalue weighted by atomic mass is 10.3. The molecule has 1 amide bonds. The van der Waals surface area contributed by atoms with Crippen LogP contribution in [0.5, 0.6) is 0 Å². The first-order valence-corrected chi connectivity index (χ1v) is 7.03. The minimum absolute atomic E-state index is 0.241. The molecule has 0 bridgehead atoms. The topological polar surface area (TPSA) is 102 Å². The van der Waals surface area contributed by atoms with Crippen molar-refractivity contribution in [1.29, 1.82) is 0 Å². The number of hydrogen-bond donors (Lipinski definition) is 2. The molecule has 0 aliphatic rings. The van der Waals surface area contributed by atoms with E-state index in [0.717, 1.165) is 12.1 Å². The van der Waals surface area contributed by atoms with E-state index < -0.39 is 12.0 Å². The Morgan fingerprint density at radius 3 is 2.68 bits per heavy atom. The SMILES string of the molecule is Cc1ccnn1CCCNC(=O)c1ccnn1C(C)C(=O)O. The van der Waals surface area contributed by atoms with Crippen LogP contribution in [0.1, 0.15) is 35.6 Å². The van der Waals surface area contributed by atoms with Gasteiger partial charge in [-0.2, -0.15) is 10.2 Å². The van der Waals surface area contributed by atoms with Gasteiger partial charge in [0.05, 0.1) is 0 Å². The molecule has 0 aliphatic carbocycles. The van der Waals surface area contributed by atoms with Gasteiger partial charge in [-0.25, -0.2) is 9.48 Å². The van der Waals surface area contributed by atoms with Gasteiger partial charge >= 0.3 is 5.97 Å². The number of carbonyl (C=O) groups excluding carboxylic acids is 1. The van der Waals surface area contributed by atoms with Gasteiger partial charge in [-0.15, -0.1) is 0 Å². The van der Waals surface area contributed by atoms with Crippen LogP contribution in [0, 0.1) is 6.92 Å². The highest BCUT2D eigenvalue weighted by molar-refractivity contribution is 5.93. The Hall–Kier alpha value is -2.64. The molecule has 2 aromatic rings. The summed E-state index contributed by atoms with van der Waals surface area (Å²) in [4.78, 5) is 23.1. The first-order valence-electron chi connectivity index (χ1n) is 7.03. The minimum atomic E-state index is -1.04. The Bertz CT molecular complexity index is 661. The normalized spacial score (nSPS) is 12.1. The lowest BCUT2D eigenvalue weighted by molar-refractivity contribution is -0.140. The number of nitrogens with zero attached hydrogens (tertiary/aromatic N) is 4. The third kappa shape index (κ3) is 3.51. The molecule has 0 saturated carbocycles. The molecule has 1 atom stereocenters. The van der Waals surface area contributed by atoms with E-state index >= 15 is 0 Å². The first-order chi connectivity index (χ1) is 10.5. The summed E-state index contributed by atoms with van der Waals surface area (Å²) in [5, 5.41) is 19.8. The molecule has 8 nitrogen and oxygen atoms in total. The first kappa shape index (κ1) is 15.7. The van der Waals surface area contributed by atoms with Crippen LogP contribution in [0.25, 0.3) is 0 Å². The van der Waals surface area contributed by atoms with Gasteiger partial charge in [-0.1, -0.05) is 0 Å². The molecule has 22 heavy (non-hydrogen) atoms. The van der Waals surface area contributed by atoms with Crippen LogP contribution in [0.3, 0.4) is 0 Å². The molecule has 0 spiro atoms. The third-order valence-corrected chi connectivity index (χ3v) is 3.39. The molecule has 0 radical (unpaired) electrons. The monoisotopic (exact) mass is 305 g/mol. The zero-order valence-corrected chi connectivity index (χ0v) is 12.6. The second-order valence-electron chi connectivity index (χ2n) is 4.98. The van der Waals surface area contributed by atoms with E-state index in [2.05, 4.69) is 15.5 Å². The number of aliphatic carboxylic acids is 1. The molecular weight excluding hydrogens is 286 g/mol. The van der Waals surface area contributed by atoms with Gasteiger partial charge < -0.3 is 10.4 Å². The van der Waals surface area contributed by atoms with Crippen LogP contribution in [-0.4, -0.2) is 43.1 Å². The number of carboxylic acids is 1. The molecule has 118 valence electrons. The molecule has 8 heteroatoms. The summed E-state index contributed by atoms with van der Waals surface area (Å²) in [6.45, 7) is 4.64. The van der Waals surface area contributed by atoms with Crippen molar-refractivity contribution in [2.24, 2.45) is 0 Å². The second-order valence-corrected chi connectivity index (χ2v) is 4.98. The van der Waals surface area contributed by atoms with Crippen molar-refractivity contribution in [2.75, 3.05) is 6.54 Å². The highest BCUT2D eigenvalue weighted by Crippen LogP contribution is 2.09. The smallest absolute Gasteiger partial charge is 0.328 e. The average molecular weight is 305 g/mol.